The normalized spacial score (nSPS) is 11.7. The van der Waals surface area contributed by atoms with Crippen LogP contribution in [0.3, 0.4) is 0 Å². The molecule has 2 N–H and O–H groups in total. The minimum absolute atomic E-state index is 0.216. The fourth-order valence-electron chi connectivity index (χ4n) is 2.31. The smallest absolute Gasteiger partial charge is 0.416 e. The van der Waals surface area contributed by atoms with Gasteiger partial charge in [-0.2, -0.15) is 13.2 Å². The quantitative estimate of drug-likeness (QED) is 0.791. The first kappa shape index (κ1) is 20.3. The number of alkyl halides is 3. The van der Waals surface area contributed by atoms with Gasteiger partial charge in [0.1, 0.15) is 5.75 Å². The van der Waals surface area contributed by atoms with Crippen LogP contribution in [-0.2, 0) is 21.2 Å². The topological polar surface area (TPSA) is 75.6 Å². The van der Waals surface area contributed by atoms with E-state index in [1.54, 1.807) is 12.1 Å². The van der Waals surface area contributed by atoms with Gasteiger partial charge in [0.25, 0.3) is 0 Å². The second kappa shape index (κ2) is 7.69. The number of hydrogen-bond acceptors (Lipinski definition) is 3. The van der Waals surface area contributed by atoms with Gasteiger partial charge in [0.15, 0.2) is 6.61 Å². The number of ether oxygens (including phenoxy) is 1. The summed E-state index contributed by atoms with van der Waals surface area (Å²) in [7, 11) is 0. The van der Waals surface area contributed by atoms with Gasteiger partial charge >= 0.3 is 12.1 Å². The lowest BCUT2D eigenvalue weighted by atomic mass is 9.83. The number of nitrogens with one attached hydrogen (secondary N) is 1. The number of carbonyl (C=O) groups is 2. The third kappa shape index (κ3) is 5.22. The Balaban J connectivity index is 2.19. The highest BCUT2D eigenvalue weighted by molar-refractivity contribution is 5.98. The van der Waals surface area contributed by atoms with Gasteiger partial charge in [-0.25, -0.2) is 4.79 Å². The summed E-state index contributed by atoms with van der Waals surface area (Å²) in [5.41, 5.74) is -1.51. The van der Waals surface area contributed by atoms with Crippen molar-refractivity contribution in [1.82, 2.24) is 0 Å². The number of hydrogen-bond donors (Lipinski definition) is 2. The summed E-state index contributed by atoms with van der Waals surface area (Å²) in [6.07, 6.45) is -4.50. The van der Waals surface area contributed by atoms with Gasteiger partial charge in [-0.3, -0.25) is 4.79 Å². The maximum Gasteiger partial charge on any atom is 0.416 e. The molecule has 0 spiro atoms. The van der Waals surface area contributed by atoms with Crippen LogP contribution in [0.1, 0.15) is 25.0 Å². The Morgan fingerprint density at radius 2 is 1.67 bits per heavy atom. The Morgan fingerprint density at radius 3 is 2.30 bits per heavy atom. The van der Waals surface area contributed by atoms with Crippen molar-refractivity contribution >= 4 is 17.6 Å². The number of amides is 1. The van der Waals surface area contributed by atoms with Crippen LogP contribution in [0.2, 0.25) is 0 Å². The Kier molecular flexibility index (Phi) is 5.78. The second-order valence-corrected chi connectivity index (χ2v) is 6.37. The lowest BCUT2D eigenvalue weighted by molar-refractivity contribution is -0.139. The van der Waals surface area contributed by atoms with Crippen LogP contribution in [-0.4, -0.2) is 23.6 Å². The molecule has 0 aromatic heterocycles. The van der Waals surface area contributed by atoms with E-state index >= 15 is 0 Å². The molecular formula is C19H18F3NO4. The fourth-order valence-corrected chi connectivity index (χ4v) is 2.31. The van der Waals surface area contributed by atoms with Gasteiger partial charge in [-0.05, 0) is 37.6 Å². The molecule has 5 nitrogen and oxygen atoms in total. The van der Waals surface area contributed by atoms with Crippen molar-refractivity contribution < 1.29 is 32.6 Å². The highest BCUT2D eigenvalue weighted by Gasteiger charge is 2.35. The van der Waals surface area contributed by atoms with Crippen molar-refractivity contribution in [3.05, 3.63) is 59.7 Å². The van der Waals surface area contributed by atoms with E-state index in [-0.39, 0.29) is 11.3 Å². The Bertz CT molecular complexity index is 847. The number of carbonyl (C=O) groups excluding carboxylic acids is 1. The standard InChI is InChI=1S/C19H18F3NO4/c1-18(2,12-5-3-6-13(9-12)19(20,21)22)17(26)23-14-7-4-8-15(10-14)27-11-16(24)25/h3-10H,11H2,1-2H3,(H,23,26)(H,24,25). The second-order valence-electron chi connectivity index (χ2n) is 6.37. The molecule has 27 heavy (non-hydrogen) atoms. The predicted octanol–water partition coefficient (Wildman–Crippen LogP) is 4.09. The predicted molar refractivity (Wildman–Crippen MR) is 92.7 cm³/mol. The van der Waals surface area contributed by atoms with Crippen molar-refractivity contribution in [3.63, 3.8) is 0 Å². The molecule has 0 bridgehead atoms. The van der Waals surface area contributed by atoms with E-state index in [9.17, 15) is 22.8 Å². The van der Waals surface area contributed by atoms with E-state index in [1.807, 2.05) is 0 Å². The number of benzene rings is 2. The first-order chi connectivity index (χ1) is 12.5. The van der Waals surface area contributed by atoms with E-state index in [0.717, 1.165) is 12.1 Å². The maximum atomic E-state index is 12.9. The molecule has 2 aromatic carbocycles. The van der Waals surface area contributed by atoms with Gasteiger partial charge < -0.3 is 15.2 Å². The van der Waals surface area contributed by atoms with Gasteiger partial charge in [-0.15, -0.1) is 0 Å². The molecule has 0 radical (unpaired) electrons. The van der Waals surface area contributed by atoms with Crippen molar-refractivity contribution in [2.45, 2.75) is 25.4 Å². The van der Waals surface area contributed by atoms with E-state index in [0.29, 0.717) is 5.69 Å². The van der Waals surface area contributed by atoms with Crippen LogP contribution in [0, 0.1) is 0 Å². The summed E-state index contributed by atoms with van der Waals surface area (Å²) in [6, 6.07) is 10.7. The average molecular weight is 381 g/mol. The Morgan fingerprint density at radius 1 is 1.04 bits per heavy atom. The SMILES string of the molecule is CC(C)(C(=O)Nc1cccc(OCC(=O)O)c1)c1cccc(C(F)(F)F)c1. The molecule has 0 saturated heterocycles. The number of anilines is 1. The van der Waals surface area contributed by atoms with Gasteiger partial charge in [0.2, 0.25) is 5.91 Å². The van der Waals surface area contributed by atoms with Crippen molar-refractivity contribution in [1.29, 1.82) is 0 Å². The molecule has 144 valence electrons. The Labute approximate surface area is 153 Å². The third-order valence-electron chi connectivity index (χ3n) is 3.93. The lowest BCUT2D eigenvalue weighted by Gasteiger charge is -2.25. The minimum atomic E-state index is -4.50. The number of carboxylic acid groups (broad SMARTS) is 1. The number of carboxylic acids is 1. The van der Waals surface area contributed by atoms with Crippen LogP contribution in [0.4, 0.5) is 18.9 Å². The molecular weight excluding hydrogens is 363 g/mol. The fraction of sp³-hybridized carbons (Fsp3) is 0.263. The monoisotopic (exact) mass is 381 g/mol. The number of rotatable bonds is 6. The molecule has 0 fully saturated rings. The molecule has 0 heterocycles. The maximum absolute atomic E-state index is 12.9. The minimum Gasteiger partial charge on any atom is -0.482 e. The summed E-state index contributed by atoms with van der Waals surface area (Å²) >= 11 is 0. The van der Waals surface area contributed by atoms with Crippen LogP contribution < -0.4 is 10.1 Å². The highest BCUT2D eigenvalue weighted by Crippen LogP contribution is 2.33. The molecule has 0 atom stereocenters. The number of aliphatic carboxylic acids is 1. The van der Waals surface area contributed by atoms with Crippen LogP contribution in [0.15, 0.2) is 48.5 Å². The van der Waals surface area contributed by atoms with Gasteiger partial charge in [0.05, 0.1) is 11.0 Å². The molecule has 0 saturated carbocycles. The number of halogens is 3. The van der Waals surface area contributed by atoms with Crippen molar-refractivity contribution in [3.8, 4) is 5.75 Å². The molecule has 2 rings (SSSR count). The molecule has 0 aliphatic rings. The summed E-state index contributed by atoms with van der Waals surface area (Å²) < 4.78 is 43.8. The van der Waals surface area contributed by atoms with E-state index in [4.69, 9.17) is 9.84 Å². The summed E-state index contributed by atoms with van der Waals surface area (Å²) in [4.78, 5) is 23.2. The van der Waals surface area contributed by atoms with Crippen LogP contribution in [0.5, 0.6) is 5.75 Å². The van der Waals surface area contributed by atoms with Crippen LogP contribution in [0.25, 0.3) is 0 Å². The Hall–Kier alpha value is -3.03. The highest BCUT2D eigenvalue weighted by atomic mass is 19.4. The molecule has 2 aromatic rings. The zero-order valence-corrected chi connectivity index (χ0v) is 14.6. The van der Waals surface area contributed by atoms with E-state index < -0.39 is 35.6 Å². The van der Waals surface area contributed by atoms with Gasteiger partial charge in [-0.1, -0.05) is 24.3 Å². The molecule has 1 amide bonds. The molecule has 8 heteroatoms. The first-order valence-corrected chi connectivity index (χ1v) is 7.94. The zero-order chi connectivity index (χ0) is 20.2. The zero-order valence-electron chi connectivity index (χ0n) is 14.6. The van der Waals surface area contributed by atoms with E-state index in [2.05, 4.69) is 5.32 Å². The van der Waals surface area contributed by atoms with E-state index in [1.165, 1.54) is 38.1 Å². The van der Waals surface area contributed by atoms with Gasteiger partial charge in [0, 0.05) is 11.8 Å². The summed E-state index contributed by atoms with van der Waals surface area (Å²) in [5, 5.41) is 11.2. The van der Waals surface area contributed by atoms with Crippen LogP contribution >= 0.6 is 0 Å². The first-order valence-electron chi connectivity index (χ1n) is 7.94. The third-order valence-corrected chi connectivity index (χ3v) is 3.93. The molecule has 0 unspecified atom stereocenters. The molecule has 0 aliphatic heterocycles. The summed E-state index contributed by atoms with van der Waals surface area (Å²) in [6.45, 7) is 2.50. The largest absolute Gasteiger partial charge is 0.482 e. The lowest BCUT2D eigenvalue weighted by Crippen LogP contribution is -2.35. The summed E-state index contributed by atoms with van der Waals surface area (Å²) in [5.74, 6) is -1.42. The molecule has 0 aliphatic carbocycles. The average Bonchev–Trinajstić information content (AvgIpc) is 2.59. The van der Waals surface area contributed by atoms with Crippen molar-refractivity contribution in [2.24, 2.45) is 0 Å². The van der Waals surface area contributed by atoms with Crippen molar-refractivity contribution in [2.75, 3.05) is 11.9 Å².